The standard InChI is InChI=1S/C16H15NO2/c1-10-8-11(2)15-14(9-10)17-16(19-15)12-4-6-13(18-3)7-5-12/h4-9H,1-3H3. The molecule has 0 N–H and O–H groups in total. The quantitative estimate of drug-likeness (QED) is 0.689. The Morgan fingerprint density at radius 2 is 1.79 bits per heavy atom. The predicted octanol–water partition coefficient (Wildman–Crippen LogP) is 4.12. The molecule has 0 unspecified atom stereocenters. The maximum absolute atomic E-state index is 5.86. The Bertz CT molecular complexity index is 726. The normalized spacial score (nSPS) is 10.9. The number of fused-ring (bicyclic) bond motifs is 1. The van der Waals surface area contributed by atoms with Gasteiger partial charge in [-0.3, -0.25) is 0 Å². The lowest BCUT2D eigenvalue weighted by Crippen LogP contribution is -1.82. The van der Waals surface area contributed by atoms with E-state index in [9.17, 15) is 0 Å². The van der Waals surface area contributed by atoms with Gasteiger partial charge in [0, 0.05) is 5.56 Å². The van der Waals surface area contributed by atoms with Crippen LogP contribution in [0.15, 0.2) is 40.8 Å². The zero-order valence-electron chi connectivity index (χ0n) is 11.2. The first kappa shape index (κ1) is 11.8. The molecule has 1 aromatic heterocycles. The van der Waals surface area contributed by atoms with Gasteiger partial charge in [-0.15, -0.1) is 0 Å². The Morgan fingerprint density at radius 3 is 2.47 bits per heavy atom. The second-order valence-corrected chi connectivity index (χ2v) is 4.68. The topological polar surface area (TPSA) is 35.3 Å². The monoisotopic (exact) mass is 253 g/mol. The molecule has 96 valence electrons. The van der Waals surface area contributed by atoms with Crippen LogP contribution in [0.2, 0.25) is 0 Å². The van der Waals surface area contributed by atoms with E-state index in [-0.39, 0.29) is 0 Å². The third-order valence-corrected chi connectivity index (χ3v) is 3.16. The van der Waals surface area contributed by atoms with Crippen LogP contribution in [0.3, 0.4) is 0 Å². The molecular formula is C16H15NO2. The first-order valence-electron chi connectivity index (χ1n) is 6.19. The van der Waals surface area contributed by atoms with Crippen molar-refractivity contribution in [2.75, 3.05) is 7.11 Å². The largest absolute Gasteiger partial charge is 0.497 e. The molecule has 0 atom stereocenters. The van der Waals surface area contributed by atoms with Gasteiger partial charge in [0.25, 0.3) is 0 Å². The predicted molar refractivity (Wildman–Crippen MR) is 75.5 cm³/mol. The van der Waals surface area contributed by atoms with Gasteiger partial charge in [-0.05, 0) is 55.3 Å². The number of ether oxygens (including phenoxy) is 1. The van der Waals surface area contributed by atoms with Crippen molar-refractivity contribution in [2.24, 2.45) is 0 Å². The summed E-state index contributed by atoms with van der Waals surface area (Å²) < 4.78 is 11.0. The Labute approximate surface area is 111 Å². The first-order valence-corrected chi connectivity index (χ1v) is 6.19. The number of oxazole rings is 1. The zero-order valence-corrected chi connectivity index (χ0v) is 11.2. The molecule has 0 aliphatic rings. The van der Waals surface area contributed by atoms with Crippen molar-refractivity contribution in [2.45, 2.75) is 13.8 Å². The SMILES string of the molecule is COc1ccc(-c2nc3cc(C)cc(C)c3o2)cc1. The van der Waals surface area contributed by atoms with Crippen LogP contribution < -0.4 is 4.74 Å². The summed E-state index contributed by atoms with van der Waals surface area (Å²) in [6, 6.07) is 11.9. The summed E-state index contributed by atoms with van der Waals surface area (Å²) in [6.45, 7) is 4.10. The third kappa shape index (κ3) is 2.08. The molecule has 0 saturated carbocycles. The Kier molecular flexibility index (Phi) is 2.75. The molecule has 0 aliphatic carbocycles. The minimum Gasteiger partial charge on any atom is -0.497 e. The van der Waals surface area contributed by atoms with E-state index in [4.69, 9.17) is 9.15 Å². The highest BCUT2D eigenvalue weighted by molar-refractivity contribution is 5.80. The number of benzene rings is 2. The molecular weight excluding hydrogens is 238 g/mol. The number of aryl methyl sites for hydroxylation is 2. The minimum absolute atomic E-state index is 0.645. The van der Waals surface area contributed by atoms with E-state index in [1.54, 1.807) is 7.11 Å². The van der Waals surface area contributed by atoms with E-state index >= 15 is 0 Å². The number of methoxy groups -OCH3 is 1. The number of nitrogens with zero attached hydrogens (tertiary/aromatic N) is 1. The molecule has 19 heavy (non-hydrogen) atoms. The summed E-state index contributed by atoms with van der Waals surface area (Å²) >= 11 is 0. The number of rotatable bonds is 2. The average Bonchev–Trinajstić information content (AvgIpc) is 2.83. The van der Waals surface area contributed by atoms with Crippen LogP contribution in [-0.2, 0) is 0 Å². The van der Waals surface area contributed by atoms with Crippen LogP contribution in [0.4, 0.5) is 0 Å². The smallest absolute Gasteiger partial charge is 0.227 e. The maximum Gasteiger partial charge on any atom is 0.227 e. The molecule has 0 radical (unpaired) electrons. The summed E-state index contributed by atoms with van der Waals surface area (Å²) in [6.07, 6.45) is 0. The van der Waals surface area contributed by atoms with Gasteiger partial charge in [0.15, 0.2) is 5.58 Å². The molecule has 0 aliphatic heterocycles. The summed E-state index contributed by atoms with van der Waals surface area (Å²) in [7, 11) is 1.65. The Morgan fingerprint density at radius 1 is 1.05 bits per heavy atom. The van der Waals surface area contributed by atoms with Gasteiger partial charge in [-0.25, -0.2) is 4.98 Å². The van der Waals surface area contributed by atoms with Gasteiger partial charge in [0.05, 0.1) is 7.11 Å². The van der Waals surface area contributed by atoms with Crippen LogP contribution in [0.25, 0.3) is 22.6 Å². The molecule has 0 spiro atoms. The molecule has 2 aromatic carbocycles. The van der Waals surface area contributed by atoms with Crippen molar-refractivity contribution < 1.29 is 9.15 Å². The van der Waals surface area contributed by atoms with Crippen molar-refractivity contribution in [1.29, 1.82) is 0 Å². The van der Waals surface area contributed by atoms with Gasteiger partial charge in [0.2, 0.25) is 5.89 Å². The lowest BCUT2D eigenvalue weighted by molar-refractivity contribution is 0.415. The molecule has 3 nitrogen and oxygen atoms in total. The van der Waals surface area contributed by atoms with Crippen molar-refractivity contribution in [3.63, 3.8) is 0 Å². The van der Waals surface area contributed by atoms with Crippen molar-refractivity contribution in [3.8, 4) is 17.2 Å². The van der Waals surface area contributed by atoms with Crippen LogP contribution in [0, 0.1) is 13.8 Å². The third-order valence-electron chi connectivity index (χ3n) is 3.16. The fraction of sp³-hybridized carbons (Fsp3) is 0.188. The molecule has 0 fully saturated rings. The lowest BCUT2D eigenvalue weighted by atomic mass is 10.1. The van der Waals surface area contributed by atoms with Gasteiger partial charge in [-0.2, -0.15) is 0 Å². The zero-order chi connectivity index (χ0) is 13.4. The van der Waals surface area contributed by atoms with E-state index < -0.39 is 0 Å². The van der Waals surface area contributed by atoms with Crippen molar-refractivity contribution in [3.05, 3.63) is 47.5 Å². The van der Waals surface area contributed by atoms with E-state index in [1.807, 2.05) is 37.3 Å². The fourth-order valence-corrected chi connectivity index (χ4v) is 2.23. The van der Waals surface area contributed by atoms with Crippen LogP contribution in [0.1, 0.15) is 11.1 Å². The molecule has 0 saturated heterocycles. The second-order valence-electron chi connectivity index (χ2n) is 4.68. The van der Waals surface area contributed by atoms with Gasteiger partial charge >= 0.3 is 0 Å². The van der Waals surface area contributed by atoms with Crippen LogP contribution in [0.5, 0.6) is 5.75 Å². The summed E-state index contributed by atoms with van der Waals surface area (Å²) in [4.78, 5) is 4.55. The molecule has 3 heteroatoms. The highest BCUT2D eigenvalue weighted by atomic mass is 16.5. The fourth-order valence-electron chi connectivity index (χ4n) is 2.23. The summed E-state index contributed by atoms with van der Waals surface area (Å²) in [5, 5.41) is 0. The number of hydrogen-bond acceptors (Lipinski definition) is 3. The highest BCUT2D eigenvalue weighted by Crippen LogP contribution is 2.28. The molecule has 0 bridgehead atoms. The minimum atomic E-state index is 0.645. The average molecular weight is 253 g/mol. The van der Waals surface area contributed by atoms with Crippen molar-refractivity contribution in [1.82, 2.24) is 4.98 Å². The van der Waals surface area contributed by atoms with E-state index in [2.05, 4.69) is 18.0 Å². The van der Waals surface area contributed by atoms with Gasteiger partial charge < -0.3 is 9.15 Å². The summed E-state index contributed by atoms with van der Waals surface area (Å²) in [5.74, 6) is 1.47. The summed E-state index contributed by atoms with van der Waals surface area (Å²) in [5.41, 5.74) is 5.02. The van der Waals surface area contributed by atoms with Crippen LogP contribution >= 0.6 is 0 Å². The highest BCUT2D eigenvalue weighted by Gasteiger charge is 2.10. The molecule has 1 heterocycles. The van der Waals surface area contributed by atoms with Crippen molar-refractivity contribution >= 4 is 11.1 Å². The van der Waals surface area contributed by atoms with E-state index in [0.29, 0.717) is 5.89 Å². The lowest BCUT2D eigenvalue weighted by Gasteiger charge is -1.99. The number of aromatic nitrogens is 1. The molecule has 0 amide bonds. The van der Waals surface area contributed by atoms with E-state index in [1.165, 1.54) is 5.56 Å². The Hall–Kier alpha value is -2.29. The number of hydrogen-bond donors (Lipinski definition) is 0. The van der Waals surface area contributed by atoms with E-state index in [0.717, 1.165) is 28.0 Å². The molecule has 3 rings (SSSR count). The Balaban J connectivity index is 2.12. The molecule has 3 aromatic rings. The van der Waals surface area contributed by atoms with Crippen LogP contribution in [-0.4, -0.2) is 12.1 Å². The first-order chi connectivity index (χ1) is 9.17. The van der Waals surface area contributed by atoms with Gasteiger partial charge in [0.1, 0.15) is 11.3 Å². The maximum atomic E-state index is 5.86. The van der Waals surface area contributed by atoms with Gasteiger partial charge in [-0.1, -0.05) is 6.07 Å². The second kappa shape index (κ2) is 4.43.